The first-order valence-corrected chi connectivity index (χ1v) is 13.3. The maximum absolute atomic E-state index is 3.08. The number of hydrogen-bond acceptors (Lipinski definition) is 1. The van der Waals surface area contributed by atoms with E-state index in [1.165, 1.54) is 18.5 Å². The first-order valence-electron chi connectivity index (χ1n) is 6.44. The molecular formula is C14H26NSi2. The van der Waals surface area contributed by atoms with Gasteiger partial charge in [-0.1, -0.05) is 63.5 Å². The summed E-state index contributed by atoms with van der Waals surface area (Å²) < 4.78 is 2.84. The van der Waals surface area contributed by atoms with Gasteiger partial charge in [-0.15, -0.1) is 0 Å². The Kier molecular flexibility index (Phi) is 4.75. The summed E-state index contributed by atoms with van der Waals surface area (Å²) in [7, 11) is -2.38. The molecule has 1 nitrogen and oxygen atoms in total. The Balaban J connectivity index is 2.70. The highest BCUT2D eigenvalue weighted by Crippen LogP contribution is 2.20. The van der Waals surface area contributed by atoms with Gasteiger partial charge in [-0.05, 0) is 24.6 Å². The number of nitrogens with zero attached hydrogens (tertiary/aromatic N) is 1. The van der Waals surface area contributed by atoms with E-state index >= 15 is 0 Å². The molecule has 1 aromatic carbocycles. The van der Waals surface area contributed by atoms with Gasteiger partial charge in [0.2, 0.25) is 0 Å². The summed E-state index contributed by atoms with van der Waals surface area (Å²) in [6, 6.07) is 11.5. The van der Waals surface area contributed by atoms with Gasteiger partial charge in [0.15, 0.2) is 0 Å². The van der Waals surface area contributed by atoms with Crippen LogP contribution in [0, 0.1) is 6.07 Å². The Morgan fingerprint density at radius 2 is 1.41 bits per heavy atom. The van der Waals surface area contributed by atoms with Crippen molar-refractivity contribution >= 4 is 16.5 Å². The molecule has 0 unspecified atom stereocenters. The average molecular weight is 265 g/mol. The van der Waals surface area contributed by atoms with Crippen molar-refractivity contribution in [3.05, 3.63) is 35.9 Å². The lowest BCUT2D eigenvalue weighted by atomic mass is 10.2. The highest BCUT2D eigenvalue weighted by molar-refractivity contribution is 6.89. The number of benzene rings is 1. The minimum absolute atomic E-state index is 1.17. The van der Waals surface area contributed by atoms with E-state index in [2.05, 4.69) is 61.7 Å². The summed E-state index contributed by atoms with van der Waals surface area (Å²) in [6.45, 7) is 16.0. The molecule has 0 saturated carbocycles. The largest absolute Gasteiger partial charge is 0.345 e. The topological polar surface area (TPSA) is 3.24 Å². The van der Waals surface area contributed by atoms with Crippen molar-refractivity contribution in [1.29, 1.82) is 0 Å². The molecule has 0 aliphatic heterocycles. The Bertz CT molecular complexity index is 321. The van der Waals surface area contributed by atoms with Gasteiger partial charge in [-0.25, -0.2) is 0 Å². The van der Waals surface area contributed by atoms with Crippen LogP contribution in [0.5, 0.6) is 0 Å². The molecule has 0 atom stereocenters. The van der Waals surface area contributed by atoms with Crippen LogP contribution in [0.25, 0.3) is 0 Å². The minimum Gasteiger partial charge on any atom is -0.345 e. The second-order valence-corrected chi connectivity index (χ2v) is 16.9. The Hall–Kier alpha value is -0.386. The van der Waals surface area contributed by atoms with Crippen LogP contribution in [-0.2, 0) is 6.42 Å². The van der Waals surface area contributed by atoms with Crippen LogP contribution in [0.4, 0.5) is 0 Å². The van der Waals surface area contributed by atoms with Gasteiger partial charge in [-0.3, -0.25) is 0 Å². The molecule has 0 saturated heterocycles. The van der Waals surface area contributed by atoms with E-state index in [1.54, 1.807) is 0 Å². The van der Waals surface area contributed by atoms with Gasteiger partial charge in [0, 0.05) is 0 Å². The molecule has 1 aromatic rings. The van der Waals surface area contributed by atoms with Crippen LogP contribution in [-0.4, -0.2) is 27.2 Å². The number of rotatable bonds is 5. The van der Waals surface area contributed by atoms with Gasteiger partial charge in [0.1, 0.15) is 16.5 Å². The normalized spacial score (nSPS) is 13.1. The molecule has 17 heavy (non-hydrogen) atoms. The zero-order valence-corrected chi connectivity index (χ0v) is 14.2. The maximum atomic E-state index is 3.08. The zero-order chi connectivity index (χ0) is 13.1. The van der Waals surface area contributed by atoms with Crippen LogP contribution in [0.2, 0.25) is 39.3 Å². The lowest BCUT2D eigenvalue weighted by molar-refractivity contribution is 0.612. The van der Waals surface area contributed by atoms with E-state index in [4.69, 9.17) is 0 Å². The minimum atomic E-state index is -1.19. The lowest BCUT2D eigenvalue weighted by Crippen LogP contribution is -2.59. The average Bonchev–Trinajstić information content (AvgIpc) is 2.15. The predicted molar refractivity (Wildman–Crippen MR) is 82.4 cm³/mol. The quantitative estimate of drug-likeness (QED) is 0.727. The summed E-state index contributed by atoms with van der Waals surface area (Å²) in [4.78, 5) is 0. The van der Waals surface area contributed by atoms with E-state index in [-0.39, 0.29) is 0 Å². The summed E-state index contributed by atoms with van der Waals surface area (Å²) in [5.74, 6) is 0. The van der Waals surface area contributed by atoms with Crippen molar-refractivity contribution in [2.45, 2.75) is 45.7 Å². The van der Waals surface area contributed by atoms with Gasteiger partial charge < -0.3 is 4.23 Å². The van der Waals surface area contributed by atoms with Gasteiger partial charge >= 0.3 is 0 Å². The van der Waals surface area contributed by atoms with Crippen molar-refractivity contribution < 1.29 is 0 Å². The molecule has 0 bridgehead atoms. The smallest absolute Gasteiger partial charge is 0.112 e. The third-order valence-corrected chi connectivity index (χ3v) is 10.7. The molecule has 0 aromatic heterocycles. The van der Waals surface area contributed by atoms with Crippen molar-refractivity contribution in [3.8, 4) is 0 Å². The molecule has 1 radical (unpaired) electrons. The molecule has 0 N–H and O–H groups in total. The summed E-state index contributed by atoms with van der Waals surface area (Å²) in [5, 5.41) is 0. The summed E-state index contributed by atoms with van der Waals surface area (Å²) in [5.41, 5.74) is 1.44. The summed E-state index contributed by atoms with van der Waals surface area (Å²) in [6.07, 6.45) is 1.17. The molecule has 1 rings (SSSR count). The van der Waals surface area contributed by atoms with Gasteiger partial charge in [0.05, 0.1) is 0 Å². The molecule has 0 fully saturated rings. The van der Waals surface area contributed by atoms with Crippen molar-refractivity contribution in [2.75, 3.05) is 6.54 Å². The van der Waals surface area contributed by atoms with E-state index < -0.39 is 16.5 Å². The Morgan fingerprint density at radius 3 is 1.82 bits per heavy atom. The standard InChI is InChI=1S/C14H26NSi2/c1-16(2,3)15(17(4,5)6)13-12-14-10-8-7-9-11-14/h8-11H,12-13H2,1-6H3. The highest BCUT2D eigenvalue weighted by atomic mass is 28.4. The maximum Gasteiger partial charge on any atom is 0.112 e. The zero-order valence-electron chi connectivity index (χ0n) is 12.2. The molecule has 0 amide bonds. The fraction of sp³-hybridized carbons (Fsp3) is 0.571. The molecule has 0 spiro atoms. The molecule has 0 aliphatic carbocycles. The van der Waals surface area contributed by atoms with E-state index in [0.717, 1.165) is 0 Å². The summed E-state index contributed by atoms with van der Waals surface area (Å²) >= 11 is 0. The van der Waals surface area contributed by atoms with Gasteiger partial charge in [-0.2, -0.15) is 0 Å². The second kappa shape index (κ2) is 5.50. The third kappa shape index (κ3) is 4.78. The predicted octanol–water partition coefficient (Wildman–Crippen LogP) is 4.00. The Morgan fingerprint density at radius 1 is 0.941 bits per heavy atom. The fourth-order valence-corrected chi connectivity index (χ4v) is 12.1. The van der Waals surface area contributed by atoms with E-state index in [0.29, 0.717) is 0 Å². The molecule has 3 heteroatoms. The monoisotopic (exact) mass is 264 g/mol. The number of hydrogen-bond donors (Lipinski definition) is 0. The van der Waals surface area contributed by atoms with Crippen LogP contribution < -0.4 is 0 Å². The van der Waals surface area contributed by atoms with Crippen LogP contribution in [0.3, 0.4) is 0 Å². The van der Waals surface area contributed by atoms with Crippen LogP contribution in [0.15, 0.2) is 24.3 Å². The SMILES string of the molecule is C[Si](C)(C)N(CCc1cc[c]cc1)[Si](C)(C)C. The first kappa shape index (κ1) is 14.7. The molecular weight excluding hydrogens is 238 g/mol. The molecule has 0 aliphatic rings. The van der Waals surface area contributed by atoms with Crippen molar-refractivity contribution in [1.82, 2.24) is 4.23 Å². The van der Waals surface area contributed by atoms with Crippen molar-refractivity contribution in [2.24, 2.45) is 0 Å². The molecule has 95 valence electrons. The Labute approximate surface area is 109 Å². The van der Waals surface area contributed by atoms with E-state index in [9.17, 15) is 0 Å². The lowest BCUT2D eigenvalue weighted by Gasteiger charge is -2.43. The molecule has 0 heterocycles. The van der Waals surface area contributed by atoms with Crippen molar-refractivity contribution in [3.63, 3.8) is 0 Å². The second-order valence-electron chi connectivity index (χ2n) is 6.65. The highest BCUT2D eigenvalue weighted by Gasteiger charge is 2.33. The first-order chi connectivity index (χ1) is 7.71. The van der Waals surface area contributed by atoms with E-state index in [1.807, 2.05) is 12.1 Å². The van der Waals surface area contributed by atoms with Crippen LogP contribution in [0.1, 0.15) is 5.56 Å². The fourth-order valence-electron chi connectivity index (χ4n) is 2.51. The van der Waals surface area contributed by atoms with Crippen LogP contribution >= 0.6 is 0 Å². The third-order valence-electron chi connectivity index (χ3n) is 3.03. The van der Waals surface area contributed by atoms with Gasteiger partial charge in [0.25, 0.3) is 0 Å².